The summed E-state index contributed by atoms with van der Waals surface area (Å²) in [5.41, 5.74) is 0. The first kappa shape index (κ1) is 14.0. The van der Waals surface area contributed by atoms with Crippen molar-refractivity contribution in [1.29, 1.82) is 0 Å². The second kappa shape index (κ2) is 9.51. The van der Waals surface area contributed by atoms with E-state index in [4.69, 9.17) is 0 Å². The smallest absolute Gasteiger partial charge is 0.0540 e. The highest BCUT2D eigenvalue weighted by atomic mass is 16.3. The van der Waals surface area contributed by atoms with Crippen LogP contribution in [0.2, 0.25) is 0 Å². The predicted octanol–water partition coefficient (Wildman–Crippen LogP) is 4.14. The Balaban J connectivity index is 3.14. The van der Waals surface area contributed by atoms with Gasteiger partial charge in [-0.15, -0.1) is 0 Å². The summed E-state index contributed by atoms with van der Waals surface area (Å²) in [6, 6.07) is 0. The lowest BCUT2D eigenvalue weighted by Crippen LogP contribution is -2.06. The van der Waals surface area contributed by atoms with Gasteiger partial charge in [-0.2, -0.15) is 0 Å². The Morgan fingerprint density at radius 3 is 1.86 bits per heavy atom. The minimum absolute atomic E-state index is 0.0336. The minimum Gasteiger partial charge on any atom is -0.393 e. The first-order valence-corrected chi connectivity index (χ1v) is 6.34. The number of rotatable bonds is 9. The molecule has 0 fully saturated rings. The van der Waals surface area contributed by atoms with E-state index in [0.29, 0.717) is 0 Å². The first-order valence-electron chi connectivity index (χ1n) is 6.34. The van der Waals surface area contributed by atoms with Crippen LogP contribution >= 0.6 is 0 Å². The van der Waals surface area contributed by atoms with E-state index in [9.17, 15) is 5.11 Å². The van der Waals surface area contributed by atoms with Crippen LogP contribution in [0.1, 0.15) is 72.1 Å². The maximum absolute atomic E-state index is 9.64. The third kappa shape index (κ3) is 10.0. The summed E-state index contributed by atoms with van der Waals surface area (Å²) in [5, 5.41) is 9.64. The third-order valence-electron chi connectivity index (χ3n) is 2.71. The van der Waals surface area contributed by atoms with Gasteiger partial charge in [0.1, 0.15) is 0 Å². The van der Waals surface area contributed by atoms with Gasteiger partial charge in [-0.25, -0.2) is 0 Å². The second-order valence-corrected chi connectivity index (χ2v) is 4.83. The van der Waals surface area contributed by atoms with E-state index in [1.165, 1.54) is 38.5 Å². The van der Waals surface area contributed by atoms with Crippen LogP contribution in [0, 0.1) is 5.92 Å². The van der Waals surface area contributed by atoms with E-state index in [0.717, 1.165) is 18.8 Å². The summed E-state index contributed by atoms with van der Waals surface area (Å²) in [5.74, 6) is 0.812. The van der Waals surface area contributed by atoms with Crippen molar-refractivity contribution in [3.63, 3.8) is 0 Å². The molecule has 0 spiro atoms. The number of hydrogen-bond acceptors (Lipinski definition) is 1. The standard InChI is InChI=1S/C13H28O/c1-4-5-6-10-13(14)11-8-7-9-12(2)3/h12-14H,4-11H2,1-3H3/t13-/m1/s1. The van der Waals surface area contributed by atoms with Gasteiger partial charge in [0.25, 0.3) is 0 Å². The summed E-state index contributed by atoms with van der Waals surface area (Å²) >= 11 is 0. The number of aliphatic hydroxyl groups excluding tert-OH is 1. The van der Waals surface area contributed by atoms with Crippen molar-refractivity contribution in [3.8, 4) is 0 Å². The molecule has 86 valence electrons. The van der Waals surface area contributed by atoms with E-state index in [2.05, 4.69) is 20.8 Å². The molecule has 0 radical (unpaired) electrons. The van der Waals surface area contributed by atoms with Crippen LogP contribution in [-0.2, 0) is 0 Å². The van der Waals surface area contributed by atoms with Crippen molar-refractivity contribution < 1.29 is 5.11 Å². The molecular weight excluding hydrogens is 172 g/mol. The summed E-state index contributed by atoms with van der Waals surface area (Å²) in [4.78, 5) is 0. The highest BCUT2D eigenvalue weighted by molar-refractivity contribution is 4.57. The van der Waals surface area contributed by atoms with Gasteiger partial charge in [0.2, 0.25) is 0 Å². The highest BCUT2D eigenvalue weighted by Gasteiger charge is 2.03. The van der Waals surface area contributed by atoms with E-state index in [1.54, 1.807) is 0 Å². The van der Waals surface area contributed by atoms with Crippen molar-refractivity contribution in [2.75, 3.05) is 0 Å². The van der Waals surface area contributed by atoms with Crippen LogP contribution in [-0.4, -0.2) is 11.2 Å². The topological polar surface area (TPSA) is 20.2 Å². The van der Waals surface area contributed by atoms with E-state index < -0.39 is 0 Å². The van der Waals surface area contributed by atoms with Gasteiger partial charge in [-0.3, -0.25) is 0 Å². The molecular formula is C13H28O. The lowest BCUT2D eigenvalue weighted by Gasteiger charge is -2.10. The van der Waals surface area contributed by atoms with Crippen molar-refractivity contribution >= 4 is 0 Å². The zero-order valence-electron chi connectivity index (χ0n) is 10.3. The predicted molar refractivity (Wildman–Crippen MR) is 63.5 cm³/mol. The minimum atomic E-state index is -0.0336. The SMILES string of the molecule is CCCCC[C@@H](O)CCCCC(C)C. The zero-order valence-corrected chi connectivity index (χ0v) is 10.3. The summed E-state index contributed by atoms with van der Waals surface area (Å²) < 4.78 is 0. The third-order valence-corrected chi connectivity index (χ3v) is 2.71. The maximum atomic E-state index is 9.64. The van der Waals surface area contributed by atoms with Gasteiger partial charge in [-0.05, 0) is 18.8 Å². The molecule has 0 rings (SSSR count). The van der Waals surface area contributed by atoms with Crippen molar-refractivity contribution in [1.82, 2.24) is 0 Å². The molecule has 1 heteroatoms. The fraction of sp³-hybridized carbons (Fsp3) is 1.00. The second-order valence-electron chi connectivity index (χ2n) is 4.83. The molecule has 0 bridgehead atoms. The molecule has 0 unspecified atom stereocenters. The largest absolute Gasteiger partial charge is 0.393 e. The van der Waals surface area contributed by atoms with Crippen LogP contribution in [0.15, 0.2) is 0 Å². The molecule has 0 amide bonds. The summed E-state index contributed by atoms with van der Waals surface area (Å²) in [6.45, 7) is 6.73. The lowest BCUT2D eigenvalue weighted by atomic mass is 10.0. The van der Waals surface area contributed by atoms with Crippen molar-refractivity contribution in [2.24, 2.45) is 5.92 Å². The summed E-state index contributed by atoms with van der Waals surface area (Å²) in [7, 11) is 0. The quantitative estimate of drug-likeness (QED) is 0.554. The average molecular weight is 200 g/mol. The van der Waals surface area contributed by atoms with Gasteiger partial charge in [0.15, 0.2) is 0 Å². The van der Waals surface area contributed by atoms with Gasteiger partial charge < -0.3 is 5.11 Å². The van der Waals surface area contributed by atoms with E-state index in [-0.39, 0.29) is 6.10 Å². The van der Waals surface area contributed by atoms with Crippen LogP contribution in [0.25, 0.3) is 0 Å². The molecule has 0 aromatic carbocycles. The van der Waals surface area contributed by atoms with Gasteiger partial charge in [-0.1, -0.05) is 59.3 Å². The zero-order chi connectivity index (χ0) is 10.8. The highest BCUT2D eigenvalue weighted by Crippen LogP contribution is 2.13. The van der Waals surface area contributed by atoms with Crippen LogP contribution in [0.3, 0.4) is 0 Å². The summed E-state index contributed by atoms with van der Waals surface area (Å²) in [6.07, 6.45) is 9.49. The molecule has 1 N–H and O–H groups in total. The molecule has 0 aromatic heterocycles. The number of hydrogen-bond donors (Lipinski definition) is 1. The first-order chi connectivity index (χ1) is 6.66. The molecule has 0 saturated carbocycles. The fourth-order valence-corrected chi connectivity index (χ4v) is 1.71. The molecule has 1 atom stereocenters. The van der Waals surface area contributed by atoms with Gasteiger partial charge >= 0.3 is 0 Å². The van der Waals surface area contributed by atoms with E-state index in [1.807, 2.05) is 0 Å². The molecule has 0 aliphatic heterocycles. The van der Waals surface area contributed by atoms with Gasteiger partial charge in [0, 0.05) is 0 Å². The number of aliphatic hydroxyl groups is 1. The Hall–Kier alpha value is -0.0400. The lowest BCUT2D eigenvalue weighted by molar-refractivity contribution is 0.147. The molecule has 14 heavy (non-hydrogen) atoms. The van der Waals surface area contributed by atoms with E-state index >= 15 is 0 Å². The van der Waals surface area contributed by atoms with Crippen molar-refractivity contribution in [2.45, 2.75) is 78.2 Å². The Kier molecular flexibility index (Phi) is 9.49. The normalized spacial score (nSPS) is 13.5. The monoisotopic (exact) mass is 200 g/mol. The molecule has 0 heterocycles. The van der Waals surface area contributed by atoms with Crippen molar-refractivity contribution in [3.05, 3.63) is 0 Å². The Labute approximate surface area is 89.9 Å². The fourth-order valence-electron chi connectivity index (χ4n) is 1.71. The molecule has 0 aliphatic rings. The van der Waals surface area contributed by atoms with Crippen LogP contribution < -0.4 is 0 Å². The van der Waals surface area contributed by atoms with Crippen LogP contribution in [0.4, 0.5) is 0 Å². The van der Waals surface area contributed by atoms with Crippen LogP contribution in [0.5, 0.6) is 0 Å². The maximum Gasteiger partial charge on any atom is 0.0540 e. The molecule has 0 aliphatic carbocycles. The molecule has 0 aromatic rings. The Morgan fingerprint density at radius 1 is 0.857 bits per heavy atom. The molecule has 1 nitrogen and oxygen atoms in total. The van der Waals surface area contributed by atoms with Gasteiger partial charge in [0.05, 0.1) is 6.10 Å². The average Bonchev–Trinajstić information content (AvgIpc) is 2.13. The Bertz CT molecular complexity index is 110. The number of unbranched alkanes of at least 4 members (excludes halogenated alkanes) is 3. The Morgan fingerprint density at radius 2 is 1.36 bits per heavy atom. The molecule has 0 saturated heterocycles.